The number of rotatable bonds is 2. The fraction of sp³-hybridized carbons (Fsp3) is 0.176. The number of aromatic nitrogens is 2. The van der Waals surface area contributed by atoms with Crippen molar-refractivity contribution in [1.82, 2.24) is 14.3 Å². The Kier molecular flexibility index (Phi) is 3.12. The molecule has 1 atom stereocenters. The average Bonchev–Trinajstić information content (AvgIpc) is 2.90. The van der Waals surface area contributed by atoms with Crippen molar-refractivity contribution in [2.75, 3.05) is 6.54 Å². The van der Waals surface area contributed by atoms with Crippen molar-refractivity contribution in [1.29, 1.82) is 0 Å². The molecule has 3 heterocycles. The Morgan fingerprint density at radius 1 is 1.14 bits per heavy atom. The van der Waals surface area contributed by atoms with Crippen LogP contribution < -0.4 is 0 Å². The maximum atomic E-state index is 12.7. The van der Waals surface area contributed by atoms with Crippen LogP contribution in [-0.4, -0.2) is 26.7 Å². The summed E-state index contributed by atoms with van der Waals surface area (Å²) in [7, 11) is 0. The smallest absolute Gasteiger partial charge is 0.274 e. The van der Waals surface area contributed by atoms with Crippen molar-refractivity contribution < 1.29 is 4.79 Å². The van der Waals surface area contributed by atoms with Gasteiger partial charge in [-0.15, -0.1) is 0 Å². The van der Waals surface area contributed by atoms with E-state index < -0.39 is 0 Å². The first-order chi connectivity index (χ1) is 10.7. The second-order valence-corrected chi connectivity index (χ2v) is 5.89. The third-order valence-electron chi connectivity index (χ3n) is 4.10. The van der Waals surface area contributed by atoms with Crippen molar-refractivity contribution in [3.8, 4) is 0 Å². The maximum Gasteiger partial charge on any atom is 0.274 e. The Labute approximate surface area is 133 Å². The van der Waals surface area contributed by atoms with E-state index in [0.29, 0.717) is 10.7 Å². The first-order valence-electron chi connectivity index (χ1n) is 7.22. The zero-order valence-corrected chi connectivity index (χ0v) is 12.6. The van der Waals surface area contributed by atoms with Crippen LogP contribution in [0.1, 0.15) is 28.5 Å². The molecule has 0 bridgehead atoms. The topological polar surface area (TPSA) is 37.6 Å². The minimum absolute atomic E-state index is 0.0278. The molecule has 3 aromatic rings. The van der Waals surface area contributed by atoms with Crippen molar-refractivity contribution in [2.45, 2.75) is 12.5 Å². The second kappa shape index (κ2) is 5.14. The van der Waals surface area contributed by atoms with Crippen LogP contribution in [-0.2, 0) is 0 Å². The number of carbonyl (C=O) groups is 1. The highest BCUT2D eigenvalue weighted by Crippen LogP contribution is 2.34. The molecule has 1 amide bonds. The minimum atomic E-state index is -0.0278. The van der Waals surface area contributed by atoms with Crippen LogP contribution in [0.5, 0.6) is 0 Å². The number of hydrogen-bond donors (Lipinski definition) is 0. The van der Waals surface area contributed by atoms with Crippen LogP contribution >= 0.6 is 11.6 Å². The standard InChI is InChI=1S/C17H14ClN3O/c18-13-6-7-16-19-14(11-20(16)10-13)17(22)21-9-8-15(21)12-4-2-1-3-5-12/h1-7,10-11,15H,8-9H2. The van der Waals surface area contributed by atoms with E-state index in [1.807, 2.05) is 29.2 Å². The van der Waals surface area contributed by atoms with Crippen molar-refractivity contribution in [2.24, 2.45) is 0 Å². The van der Waals surface area contributed by atoms with E-state index >= 15 is 0 Å². The zero-order chi connectivity index (χ0) is 15.1. The molecular weight excluding hydrogens is 298 g/mol. The van der Waals surface area contributed by atoms with Gasteiger partial charge >= 0.3 is 0 Å². The fourth-order valence-corrected chi connectivity index (χ4v) is 3.04. The highest BCUT2D eigenvalue weighted by atomic mass is 35.5. The van der Waals surface area contributed by atoms with Crippen molar-refractivity contribution in [3.05, 3.63) is 71.1 Å². The first kappa shape index (κ1) is 13.3. The molecule has 1 aliphatic heterocycles. The third kappa shape index (κ3) is 2.16. The summed E-state index contributed by atoms with van der Waals surface area (Å²) in [5.74, 6) is -0.0278. The number of nitrogens with zero attached hydrogens (tertiary/aromatic N) is 3. The molecule has 0 radical (unpaired) electrons. The molecule has 4 rings (SSSR count). The fourth-order valence-electron chi connectivity index (χ4n) is 2.87. The SMILES string of the molecule is O=C(c1cn2cc(Cl)ccc2n1)N1CCC1c1ccccc1. The lowest BCUT2D eigenvalue weighted by molar-refractivity contribution is 0.0455. The summed E-state index contributed by atoms with van der Waals surface area (Å²) in [5.41, 5.74) is 2.36. The predicted octanol–water partition coefficient (Wildman–Crippen LogP) is 3.57. The molecule has 0 saturated carbocycles. The number of benzene rings is 1. The second-order valence-electron chi connectivity index (χ2n) is 5.45. The third-order valence-corrected chi connectivity index (χ3v) is 4.32. The molecule has 0 spiro atoms. The van der Waals surface area contributed by atoms with Crippen LogP contribution in [0.25, 0.3) is 5.65 Å². The lowest BCUT2D eigenvalue weighted by Gasteiger charge is -2.41. The lowest BCUT2D eigenvalue weighted by atomic mass is 9.94. The number of imidazole rings is 1. The Balaban J connectivity index is 1.63. The molecule has 1 aliphatic rings. The monoisotopic (exact) mass is 311 g/mol. The van der Waals surface area contributed by atoms with E-state index in [2.05, 4.69) is 17.1 Å². The van der Waals surface area contributed by atoms with Gasteiger partial charge in [0, 0.05) is 18.9 Å². The Hall–Kier alpha value is -2.33. The van der Waals surface area contributed by atoms with Crippen LogP contribution in [0.2, 0.25) is 5.02 Å². The van der Waals surface area contributed by atoms with E-state index in [1.165, 1.54) is 5.56 Å². The molecule has 22 heavy (non-hydrogen) atoms. The number of likely N-dealkylation sites (tertiary alicyclic amines) is 1. The molecule has 1 saturated heterocycles. The summed E-state index contributed by atoms with van der Waals surface area (Å²) in [5, 5.41) is 0.620. The van der Waals surface area contributed by atoms with Crippen molar-refractivity contribution in [3.63, 3.8) is 0 Å². The normalized spacial score (nSPS) is 17.5. The number of carbonyl (C=O) groups excluding carboxylic acids is 1. The van der Waals surface area contributed by atoms with Gasteiger partial charge in [-0.25, -0.2) is 4.98 Å². The van der Waals surface area contributed by atoms with Crippen LogP contribution in [0, 0.1) is 0 Å². The van der Waals surface area contributed by atoms with Gasteiger partial charge < -0.3 is 9.30 Å². The van der Waals surface area contributed by atoms with Crippen LogP contribution in [0.4, 0.5) is 0 Å². The van der Waals surface area contributed by atoms with E-state index in [4.69, 9.17) is 11.6 Å². The van der Waals surface area contributed by atoms with E-state index in [0.717, 1.165) is 18.6 Å². The minimum Gasteiger partial charge on any atom is -0.330 e. The largest absolute Gasteiger partial charge is 0.330 e. The highest BCUT2D eigenvalue weighted by molar-refractivity contribution is 6.30. The predicted molar refractivity (Wildman–Crippen MR) is 85.0 cm³/mol. The Morgan fingerprint density at radius 3 is 2.68 bits per heavy atom. The van der Waals surface area contributed by atoms with Gasteiger partial charge in [-0.2, -0.15) is 0 Å². The Morgan fingerprint density at radius 2 is 1.95 bits per heavy atom. The molecular formula is C17H14ClN3O. The van der Waals surface area contributed by atoms with Gasteiger partial charge in [0.05, 0.1) is 11.1 Å². The number of amides is 1. The summed E-state index contributed by atoms with van der Waals surface area (Å²) in [6, 6.07) is 13.9. The summed E-state index contributed by atoms with van der Waals surface area (Å²) in [6.45, 7) is 0.771. The summed E-state index contributed by atoms with van der Waals surface area (Å²) >= 11 is 5.97. The molecule has 5 heteroatoms. The number of pyridine rings is 1. The summed E-state index contributed by atoms with van der Waals surface area (Å²) < 4.78 is 1.78. The van der Waals surface area contributed by atoms with E-state index in [9.17, 15) is 4.79 Å². The van der Waals surface area contributed by atoms with Crippen LogP contribution in [0.3, 0.4) is 0 Å². The molecule has 0 N–H and O–H groups in total. The maximum absolute atomic E-state index is 12.7. The summed E-state index contributed by atoms with van der Waals surface area (Å²) in [6.07, 6.45) is 4.49. The number of fused-ring (bicyclic) bond motifs is 1. The van der Waals surface area contributed by atoms with Crippen molar-refractivity contribution >= 4 is 23.2 Å². The van der Waals surface area contributed by atoms with Gasteiger partial charge in [0.15, 0.2) is 0 Å². The highest BCUT2D eigenvalue weighted by Gasteiger charge is 2.34. The van der Waals surface area contributed by atoms with Gasteiger partial charge in [-0.05, 0) is 24.1 Å². The molecule has 110 valence electrons. The zero-order valence-electron chi connectivity index (χ0n) is 11.8. The molecule has 2 aromatic heterocycles. The summed E-state index contributed by atoms with van der Waals surface area (Å²) in [4.78, 5) is 19.0. The van der Waals surface area contributed by atoms with Gasteiger partial charge in [-0.1, -0.05) is 41.9 Å². The number of halogens is 1. The van der Waals surface area contributed by atoms with E-state index in [1.54, 1.807) is 22.9 Å². The number of hydrogen-bond acceptors (Lipinski definition) is 2. The first-order valence-corrected chi connectivity index (χ1v) is 7.60. The van der Waals surface area contributed by atoms with Crippen LogP contribution in [0.15, 0.2) is 54.9 Å². The molecule has 1 fully saturated rings. The van der Waals surface area contributed by atoms with Gasteiger partial charge in [0.25, 0.3) is 5.91 Å². The molecule has 4 nitrogen and oxygen atoms in total. The van der Waals surface area contributed by atoms with Gasteiger partial charge in [-0.3, -0.25) is 4.79 Å². The Bertz CT molecular complexity index is 843. The van der Waals surface area contributed by atoms with Gasteiger partial charge in [0.2, 0.25) is 0 Å². The lowest BCUT2D eigenvalue weighted by Crippen LogP contribution is -2.45. The average molecular weight is 312 g/mol. The van der Waals surface area contributed by atoms with Gasteiger partial charge in [0.1, 0.15) is 11.3 Å². The molecule has 1 aromatic carbocycles. The van der Waals surface area contributed by atoms with E-state index in [-0.39, 0.29) is 11.9 Å². The molecule has 1 unspecified atom stereocenters. The quantitative estimate of drug-likeness (QED) is 0.725. The molecule has 0 aliphatic carbocycles.